The predicted octanol–water partition coefficient (Wildman–Crippen LogP) is 1.17. The van der Waals surface area contributed by atoms with Gasteiger partial charge in [-0.2, -0.15) is 0 Å². The minimum Gasteiger partial charge on any atom is -0.383 e. The Balaban J connectivity index is 1.64. The third kappa shape index (κ3) is 3.10. The van der Waals surface area contributed by atoms with Crippen LogP contribution in [0.25, 0.3) is 0 Å². The molecule has 0 bridgehead atoms. The molecule has 3 rings (SSSR count). The molecule has 0 radical (unpaired) electrons. The summed E-state index contributed by atoms with van der Waals surface area (Å²) in [6.07, 6.45) is 4.75. The summed E-state index contributed by atoms with van der Waals surface area (Å²) in [5, 5.41) is 3.59. The van der Waals surface area contributed by atoms with Crippen molar-refractivity contribution in [2.45, 2.75) is 25.7 Å². The molecular weight excluding hydrogens is 298 g/mol. The molecular formula is C16H23N3O4. The zero-order valence-electron chi connectivity index (χ0n) is 13.5. The van der Waals surface area contributed by atoms with E-state index in [2.05, 4.69) is 5.16 Å². The van der Waals surface area contributed by atoms with Gasteiger partial charge in [-0.25, -0.2) is 0 Å². The molecule has 2 saturated heterocycles. The molecule has 2 aliphatic rings. The zero-order chi connectivity index (χ0) is 16.3. The molecule has 1 unspecified atom stereocenters. The number of carbonyl (C=O) groups excluding carboxylic acids is 2. The number of methoxy groups -OCH3 is 1. The van der Waals surface area contributed by atoms with Crippen molar-refractivity contribution in [2.75, 3.05) is 39.9 Å². The number of hydrogen-bond acceptors (Lipinski definition) is 5. The van der Waals surface area contributed by atoms with E-state index in [1.165, 1.54) is 6.20 Å². The Labute approximate surface area is 135 Å². The molecule has 126 valence electrons. The van der Waals surface area contributed by atoms with Crippen LogP contribution in [-0.4, -0.2) is 66.7 Å². The lowest BCUT2D eigenvalue weighted by molar-refractivity contribution is -0.137. The van der Waals surface area contributed by atoms with E-state index in [9.17, 15) is 9.59 Å². The summed E-state index contributed by atoms with van der Waals surface area (Å²) in [7, 11) is 1.65. The van der Waals surface area contributed by atoms with E-state index in [1.54, 1.807) is 18.1 Å². The highest BCUT2D eigenvalue weighted by Gasteiger charge is 2.47. The molecule has 2 aliphatic heterocycles. The minimum absolute atomic E-state index is 0.138. The summed E-state index contributed by atoms with van der Waals surface area (Å²) >= 11 is 0. The average Bonchev–Trinajstić information content (AvgIpc) is 3.12. The monoisotopic (exact) mass is 321 g/mol. The topological polar surface area (TPSA) is 75.9 Å². The molecule has 0 aliphatic carbocycles. The molecule has 2 fully saturated rings. The van der Waals surface area contributed by atoms with Crippen molar-refractivity contribution in [3.63, 3.8) is 0 Å². The zero-order valence-corrected chi connectivity index (χ0v) is 13.5. The van der Waals surface area contributed by atoms with E-state index in [0.717, 1.165) is 32.2 Å². The maximum atomic E-state index is 12.8. The number of hydrogen-bond donors (Lipinski definition) is 0. The molecule has 1 aromatic heterocycles. The van der Waals surface area contributed by atoms with Crippen molar-refractivity contribution in [3.8, 4) is 0 Å². The number of carbonyl (C=O) groups is 2. The Morgan fingerprint density at radius 1 is 1.35 bits per heavy atom. The van der Waals surface area contributed by atoms with Crippen LogP contribution in [0, 0.1) is 5.41 Å². The second-order valence-corrected chi connectivity index (χ2v) is 6.34. The number of nitrogens with zero attached hydrogens (tertiary/aromatic N) is 3. The van der Waals surface area contributed by atoms with Crippen molar-refractivity contribution in [3.05, 3.63) is 18.0 Å². The highest BCUT2D eigenvalue weighted by atomic mass is 16.5. The van der Waals surface area contributed by atoms with Gasteiger partial charge < -0.3 is 19.1 Å². The molecule has 1 atom stereocenters. The average molecular weight is 321 g/mol. The summed E-state index contributed by atoms with van der Waals surface area (Å²) in [5.41, 5.74) is -0.301. The van der Waals surface area contributed by atoms with Gasteiger partial charge in [-0.3, -0.25) is 9.59 Å². The summed E-state index contributed by atoms with van der Waals surface area (Å²) < 4.78 is 10.0. The van der Waals surface area contributed by atoms with Crippen molar-refractivity contribution < 1.29 is 18.8 Å². The second-order valence-electron chi connectivity index (χ2n) is 6.34. The van der Waals surface area contributed by atoms with E-state index in [0.29, 0.717) is 26.2 Å². The van der Waals surface area contributed by atoms with Crippen LogP contribution in [0.2, 0.25) is 0 Å². The van der Waals surface area contributed by atoms with Crippen LogP contribution in [0.5, 0.6) is 0 Å². The van der Waals surface area contributed by atoms with Gasteiger partial charge in [-0.1, -0.05) is 5.16 Å². The first-order valence-electron chi connectivity index (χ1n) is 8.14. The molecule has 0 N–H and O–H groups in total. The Morgan fingerprint density at radius 2 is 2.17 bits per heavy atom. The highest BCUT2D eigenvalue weighted by Crippen LogP contribution is 2.41. The molecule has 2 amide bonds. The summed E-state index contributed by atoms with van der Waals surface area (Å²) in [6, 6.07) is 1.58. The van der Waals surface area contributed by atoms with E-state index >= 15 is 0 Å². The Kier molecular flexibility index (Phi) is 4.66. The normalized spacial score (nSPS) is 25.2. The van der Waals surface area contributed by atoms with Gasteiger partial charge in [0, 0.05) is 39.4 Å². The molecule has 1 aromatic rings. The van der Waals surface area contributed by atoms with E-state index in [4.69, 9.17) is 9.26 Å². The minimum atomic E-state index is -0.301. The van der Waals surface area contributed by atoms with Crippen LogP contribution < -0.4 is 0 Å². The summed E-state index contributed by atoms with van der Waals surface area (Å²) in [4.78, 5) is 28.8. The molecule has 3 heterocycles. The predicted molar refractivity (Wildman–Crippen MR) is 81.8 cm³/mol. The van der Waals surface area contributed by atoms with Gasteiger partial charge in [-0.05, 0) is 25.7 Å². The first-order valence-corrected chi connectivity index (χ1v) is 8.14. The van der Waals surface area contributed by atoms with Crippen molar-refractivity contribution in [1.82, 2.24) is 15.0 Å². The first kappa shape index (κ1) is 16.0. The summed E-state index contributed by atoms with van der Waals surface area (Å²) in [5.74, 6) is 0.352. The number of amides is 2. The van der Waals surface area contributed by atoms with Gasteiger partial charge >= 0.3 is 0 Å². The Bertz CT molecular complexity index is 560. The highest BCUT2D eigenvalue weighted by molar-refractivity contribution is 5.91. The fourth-order valence-corrected chi connectivity index (χ4v) is 3.65. The van der Waals surface area contributed by atoms with E-state index in [-0.39, 0.29) is 23.0 Å². The lowest BCUT2D eigenvalue weighted by Gasteiger charge is -2.26. The Hall–Kier alpha value is -1.89. The van der Waals surface area contributed by atoms with Crippen molar-refractivity contribution in [1.29, 1.82) is 0 Å². The van der Waals surface area contributed by atoms with Crippen LogP contribution in [0.3, 0.4) is 0 Å². The van der Waals surface area contributed by atoms with Crippen LogP contribution in [-0.2, 0) is 9.53 Å². The quantitative estimate of drug-likeness (QED) is 0.832. The van der Waals surface area contributed by atoms with Crippen LogP contribution in [0.4, 0.5) is 0 Å². The number of aromatic nitrogens is 1. The molecule has 7 heteroatoms. The number of ether oxygens (including phenoxy) is 1. The standard InChI is InChI=1S/C16H23N3O4/c1-22-12-11-19-10-6-16(15(19)21)4-2-8-18(9-5-16)14(20)13-3-7-17-23-13/h3,7H,2,4-6,8-12H2,1H3. The van der Waals surface area contributed by atoms with E-state index < -0.39 is 0 Å². The van der Waals surface area contributed by atoms with Gasteiger partial charge in [0.25, 0.3) is 5.91 Å². The molecule has 0 saturated carbocycles. The first-order chi connectivity index (χ1) is 11.2. The largest absolute Gasteiger partial charge is 0.383 e. The van der Waals surface area contributed by atoms with Crippen molar-refractivity contribution >= 4 is 11.8 Å². The van der Waals surface area contributed by atoms with Gasteiger partial charge in [0.2, 0.25) is 11.7 Å². The fraction of sp³-hybridized carbons (Fsp3) is 0.688. The van der Waals surface area contributed by atoms with Gasteiger partial charge in [0.05, 0.1) is 18.2 Å². The maximum absolute atomic E-state index is 12.8. The molecule has 1 spiro atoms. The van der Waals surface area contributed by atoms with E-state index in [1.807, 2.05) is 4.90 Å². The smallest absolute Gasteiger partial charge is 0.292 e. The van der Waals surface area contributed by atoms with Gasteiger partial charge in [-0.15, -0.1) is 0 Å². The SMILES string of the molecule is COCCN1CCC2(CCCN(C(=O)c3ccno3)CC2)C1=O. The van der Waals surface area contributed by atoms with Crippen molar-refractivity contribution in [2.24, 2.45) is 5.41 Å². The molecule has 23 heavy (non-hydrogen) atoms. The number of rotatable bonds is 4. The molecule has 7 nitrogen and oxygen atoms in total. The molecule has 0 aromatic carbocycles. The Morgan fingerprint density at radius 3 is 2.91 bits per heavy atom. The number of likely N-dealkylation sites (tertiary alicyclic amines) is 2. The fourth-order valence-electron chi connectivity index (χ4n) is 3.65. The maximum Gasteiger partial charge on any atom is 0.292 e. The van der Waals surface area contributed by atoms with Gasteiger partial charge in [0.15, 0.2) is 0 Å². The third-order valence-electron chi connectivity index (χ3n) is 5.05. The third-order valence-corrected chi connectivity index (χ3v) is 5.05. The van der Waals surface area contributed by atoms with Crippen LogP contribution in [0.1, 0.15) is 36.2 Å². The lowest BCUT2D eigenvalue weighted by Crippen LogP contribution is -2.37. The second kappa shape index (κ2) is 6.70. The van der Waals surface area contributed by atoms with Crippen LogP contribution >= 0.6 is 0 Å². The van der Waals surface area contributed by atoms with Gasteiger partial charge in [0.1, 0.15) is 0 Å². The lowest BCUT2D eigenvalue weighted by atomic mass is 9.79. The van der Waals surface area contributed by atoms with Crippen LogP contribution in [0.15, 0.2) is 16.8 Å². The summed E-state index contributed by atoms with van der Waals surface area (Å²) in [6.45, 7) is 3.25.